The van der Waals surface area contributed by atoms with Crippen LogP contribution in [-0.4, -0.2) is 31.3 Å². The second-order valence-corrected chi connectivity index (χ2v) is 4.70. The molecule has 0 radical (unpaired) electrons. The van der Waals surface area contributed by atoms with Crippen molar-refractivity contribution in [2.24, 2.45) is 5.92 Å². The molecule has 0 bridgehead atoms. The Hall–Kier alpha value is -1.60. The zero-order chi connectivity index (χ0) is 14.9. The van der Waals surface area contributed by atoms with E-state index in [1.54, 1.807) is 0 Å². The van der Waals surface area contributed by atoms with Crippen molar-refractivity contribution >= 4 is 11.6 Å². The fraction of sp³-hybridized carbons (Fsp3) is 0.583. The van der Waals surface area contributed by atoms with Crippen LogP contribution in [0.3, 0.4) is 0 Å². The minimum absolute atomic E-state index is 0.0156. The van der Waals surface area contributed by atoms with Gasteiger partial charge in [-0.15, -0.1) is 0 Å². The molecule has 2 rings (SSSR count). The van der Waals surface area contributed by atoms with Crippen LogP contribution in [-0.2, 0) is 0 Å². The summed E-state index contributed by atoms with van der Waals surface area (Å²) in [6, 6.07) is 0.630. The number of halogens is 5. The molecule has 8 heteroatoms. The first-order valence-corrected chi connectivity index (χ1v) is 6.18. The Bertz CT molecular complexity index is 489. The van der Waals surface area contributed by atoms with Crippen molar-refractivity contribution in [2.45, 2.75) is 19.0 Å². The zero-order valence-corrected chi connectivity index (χ0v) is 10.8. The highest BCUT2D eigenvalue weighted by Gasteiger charge is 2.42. The van der Waals surface area contributed by atoms with Crippen LogP contribution in [0.15, 0.2) is 6.07 Å². The molecule has 0 saturated carbocycles. The topological polar surface area (TPSA) is 28.2 Å². The summed E-state index contributed by atoms with van der Waals surface area (Å²) < 4.78 is 65.2. The molecule has 0 aromatic carbocycles. The van der Waals surface area contributed by atoms with E-state index in [0.29, 0.717) is 6.07 Å². The summed E-state index contributed by atoms with van der Waals surface area (Å²) in [5, 5.41) is 2.44. The van der Waals surface area contributed by atoms with Gasteiger partial charge in [0.2, 0.25) is 0 Å². The monoisotopic (exact) mass is 295 g/mol. The zero-order valence-electron chi connectivity index (χ0n) is 10.8. The van der Waals surface area contributed by atoms with E-state index in [-0.39, 0.29) is 37.6 Å². The van der Waals surface area contributed by atoms with E-state index in [0.717, 1.165) is 0 Å². The maximum atomic E-state index is 13.7. The minimum atomic E-state index is -4.32. The van der Waals surface area contributed by atoms with E-state index < -0.39 is 23.7 Å². The molecule has 1 unspecified atom stereocenters. The predicted octanol–water partition coefficient (Wildman–Crippen LogP) is 3.18. The first kappa shape index (κ1) is 14.8. The highest BCUT2D eigenvalue weighted by Crippen LogP contribution is 2.35. The van der Waals surface area contributed by atoms with Crippen molar-refractivity contribution in [3.63, 3.8) is 0 Å². The Morgan fingerprint density at radius 2 is 2.00 bits per heavy atom. The maximum Gasteiger partial charge on any atom is 0.393 e. The third kappa shape index (κ3) is 2.94. The van der Waals surface area contributed by atoms with Crippen molar-refractivity contribution in [2.75, 3.05) is 30.4 Å². The summed E-state index contributed by atoms with van der Waals surface area (Å²) >= 11 is 0. The van der Waals surface area contributed by atoms with E-state index in [1.165, 1.54) is 11.9 Å². The lowest BCUT2D eigenvalue weighted by atomic mass is 9.97. The van der Waals surface area contributed by atoms with E-state index >= 15 is 0 Å². The number of anilines is 2. The molecule has 1 atom stereocenters. The van der Waals surface area contributed by atoms with Crippen molar-refractivity contribution in [1.82, 2.24) is 4.98 Å². The number of rotatable bonds is 2. The molecule has 1 N–H and O–H groups in total. The number of nitrogens with one attached hydrogen (secondary N) is 1. The fourth-order valence-corrected chi connectivity index (χ4v) is 2.29. The summed E-state index contributed by atoms with van der Waals surface area (Å²) in [7, 11) is 1.40. The number of aromatic nitrogens is 1. The second-order valence-electron chi connectivity index (χ2n) is 4.70. The highest BCUT2D eigenvalue weighted by molar-refractivity contribution is 5.49. The van der Waals surface area contributed by atoms with Gasteiger partial charge in [0.15, 0.2) is 23.3 Å². The smallest absolute Gasteiger partial charge is 0.371 e. The average Bonchev–Trinajstić information content (AvgIpc) is 2.38. The molecule has 20 heavy (non-hydrogen) atoms. The number of alkyl halides is 3. The van der Waals surface area contributed by atoms with E-state index in [4.69, 9.17) is 0 Å². The van der Waals surface area contributed by atoms with Gasteiger partial charge in [-0.25, -0.2) is 13.8 Å². The van der Waals surface area contributed by atoms with Crippen LogP contribution in [0.2, 0.25) is 0 Å². The van der Waals surface area contributed by atoms with Crippen molar-refractivity contribution in [3.05, 3.63) is 17.7 Å². The molecule has 2 heterocycles. The number of nitrogens with zero attached hydrogens (tertiary/aromatic N) is 2. The van der Waals surface area contributed by atoms with Crippen molar-refractivity contribution < 1.29 is 22.0 Å². The summed E-state index contributed by atoms with van der Waals surface area (Å²) in [4.78, 5) is 4.95. The number of hydrogen-bond acceptors (Lipinski definition) is 3. The first-order chi connectivity index (χ1) is 9.32. The maximum absolute atomic E-state index is 13.7. The van der Waals surface area contributed by atoms with E-state index in [1.807, 2.05) is 0 Å². The highest BCUT2D eigenvalue weighted by atomic mass is 19.4. The van der Waals surface area contributed by atoms with E-state index in [2.05, 4.69) is 10.3 Å². The van der Waals surface area contributed by atoms with Crippen molar-refractivity contribution in [3.8, 4) is 0 Å². The van der Waals surface area contributed by atoms with Gasteiger partial charge in [0.25, 0.3) is 0 Å². The summed E-state index contributed by atoms with van der Waals surface area (Å²) in [6.45, 7) is -0.0898. The Balaban J connectivity index is 2.27. The van der Waals surface area contributed by atoms with Crippen LogP contribution >= 0.6 is 0 Å². The van der Waals surface area contributed by atoms with E-state index in [9.17, 15) is 22.0 Å². The molecule has 3 nitrogen and oxygen atoms in total. The fourth-order valence-electron chi connectivity index (χ4n) is 2.29. The lowest BCUT2D eigenvalue weighted by Crippen LogP contribution is -2.42. The molecule has 0 aliphatic carbocycles. The molecule has 1 aromatic rings. The molecule has 1 aliphatic heterocycles. The van der Waals surface area contributed by atoms with Gasteiger partial charge < -0.3 is 10.2 Å². The first-order valence-electron chi connectivity index (χ1n) is 6.18. The van der Waals surface area contributed by atoms with Gasteiger partial charge >= 0.3 is 6.18 Å². The molecule has 1 saturated heterocycles. The second kappa shape index (κ2) is 5.41. The van der Waals surface area contributed by atoms with Gasteiger partial charge in [0, 0.05) is 26.2 Å². The molecular weight excluding hydrogens is 281 g/mol. The largest absolute Gasteiger partial charge is 0.393 e. The quantitative estimate of drug-likeness (QED) is 0.849. The molecular formula is C12H14F5N3. The Kier molecular flexibility index (Phi) is 4.01. The van der Waals surface area contributed by atoms with Crippen molar-refractivity contribution in [1.29, 1.82) is 0 Å². The van der Waals surface area contributed by atoms with Gasteiger partial charge in [0.05, 0.1) is 5.92 Å². The minimum Gasteiger partial charge on any atom is -0.371 e. The van der Waals surface area contributed by atoms with Crippen LogP contribution in [0, 0.1) is 17.6 Å². The van der Waals surface area contributed by atoms with Crippen LogP contribution in [0.1, 0.15) is 12.8 Å². The summed E-state index contributed by atoms with van der Waals surface area (Å²) in [5.74, 6) is -3.77. The third-order valence-corrected chi connectivity index (χ3v) is 3.33. The Labute approximate surface area is 112 Å². The molecule has 0 spiro atoms. The Morgan fingerprint density at radius 3 is 2.60 bits per heavy atom. The Morgan fingerprint density at radius 1 is 1.30 bits per heavy atom. The SMILES string of the molecule is CNc1nc(N2CCCC(C(F)(F)F)C2)c(F)cc1F. The van der Waals surface area contributed by atoms with Crippen LogP contribution in [0.25, 0.3) is 0 Å². The third-order valence-electron chi connectivity index (χ3n) is 3.33. The van der Waals surface area contributed by atoms with Crippen LogP contribution in [0.4, 0.5) is 33.6 Å². The predicted molar refractivity (Wildman–Crippen MR) is 64.7 cm³/mol. The van der Waals surface area contributed by atoms with Gasteiger partial charge in [-0.3, -0.25) is 0 Å². The van der Waals surface area contributed by atoms with Gasteiger partial charge in [-0.2, -0.15) is 13.2 Å². The molecule has 1 aromatic heterocycles. The van der Waals surface area contributed by atoms with Gasteiger partial charge in [0.1, 0.15) is 0 Å². The molecule has 0 amide bonds. The normalized spacial score (nSPS) is 20.1. The lowest BCUT2D eigenvalue weighted by Gasteiger charge is -2.34. The molecule has 1 fully saturated rings. The molecule has 1 aliphatic rings. The standard InChI is InChI=1S/C12H14F5N3/c1-18-10-8(13)5-9(14)11(19-10)20-4-2-3-7(6-20)12(15,16)17/h5,7H,2-4,6H2,1H3,(H,18,19). The summed E-state index contributed by atoms with van der Waals surface area (Å²) in [6.07, 6.45) is -4.01. The number of pyridine rings is 1. The van der Waals surface area contributed by atoms with Crippen LogP contribution in [0.5, 0.6) is 0 Å². The van der Waals surface area contributed by atoms with Crippen LogP contribution < -0.4 is 10.2 Å². The van der Waals surface area contributed by atoms with Gasteiger partial charge in [-0.1, -0.05) is 0 Å². The number of hydrogen-bond donors (Lipinski definition) is 1. The summed E-state index contributed by atoms with van der Waals surface area (Å²) in [5.41, 5.74) is 0. The number of piperidine rings is 1. The van der Waals surface area contributed by atoms with Gasteiger partial charge in [-0.05, 0) is 12.8 Å². The molecule has 112 valence electrons. The lowest BCUT2D eigenvalue weighted by molar-refractivity contribution is -0.176. The average molecular weight is 295 g/mol.